The summed E-state index contributed by atoms with van der Waals surface area (Å²) >= 11 is 0. The Labute approximate surface area is 217 Å². The molecule has 0 unspecified atom stereocenters. The Kier molecular flexibility index (Phi) is 7.92. The second-order valence-electron chi connectivity index (χ2n) is 9.50. The first-order valence-corrected chi connectivity index (χ1v) is 12.8. The van der Waals surface area contributed by atoms with E-state index in [0.717, 1.165) is 49.5 Å². The Balaban J connectivity index is 1.33. The highest BCUT2D eigenvalue weighted by molar-refractivity contribution is 5.94. The van der Waals surface area contributed by atoms with E-state index in [9.17, 15) is 9.18 Å². The summed E-state index contributed by atoms with van der Waals surface area (Å²) < 4.78 is 20.0. The first kappa shape index (κ1) is 24.7. The number of nitrogens with zero attached hydrogens (tertiary/aromatic N) is 2. The van der Waals surface area contributed by atoms with Crippen molar-refractivity contribution in [2.75, 3.05) is 13.1 Å². The molecule has 1 saturated heterocycles. The van der Waals surface area contributed by atoms with E-state index in [4.69, 9.17) is 4.74 Å². The second-order valence-corrected chi connectivity index (χ2v) is 9.50. The van der Waals surface area contributed by atoms with Crippen molar-refractivity contribution in [1.29, 1.82) is 0 Å². The summed E-state index contributed by atoms with van der Waals surface area (Å²) in [5.74, 6) is 0.940. The number of benzene rings is 4. The Hall–Kier alpha value is -3.96. The van der Waals surface area contributed by atoms with Crippen LogP contribution in [0.4, 0.5) is 4.39 Å². The van der Waals surface area contributed by atoms with Crippen LogP contribution in [-0.2, 0) is 13.1 Å². The summed E-state index contributed by atoms with van der Waals surface area (Å²) in [6, 6.07) is 34.0. The minimum atomic E-state index is -0.401. The Morgan fingerprint density at radius 3 is 2.16 bits per heavy atom. The lowest BCUT2D eigenvalue weighted by atomic mass is 10.00. The van der Waals surface area contributed by atoms with Crippen molar-refractivity contribution in [3.05, 3.63) is 132 Å². The number of likely N-dealkylation sites (tertiary alicyclic amines) is 1. The third-order valence-corrected chi connectivity index (χ3v) is 6.81. The van der Waals surface area contributed by atoms with Crippen molar-refractivity contribution in [2.45, 2.75) is 32.0 Å². The molecule has 1 aliphatic heterocycles. The van der Waals surface area contributed by atoms with Gasteiger partial charge in [-0.3, -0.25) is 9.69 Å². The van der Waals surface area contributed by atoms with Gasteiger partial charge >= 0.3 is 0 Å². The van der Waals surface area contributed by atoms with Crippen molar-refractivity contribution in [3.8, 4) is 11.5 Å². The van der Waals surface area contributed by atoms with Crippen LogP contribution in [0.25, 0.3) is 0 Å². The number of piperidine rings is 1. The summed E-state index contributed by atoms with van der Waals surface area (Å²) in [6.07, 6.45) is 1.74. The van der Waals surface area contributed by atoms with Crippen LogP contribution in [0.15, 0.2) is 109 Å². The third-order valence-electron chi connectivity index (χ3n) is 6.81. The monoisotopic (exact) mass is 494 g/mol. The van der Waals surface area contributed by atoms with Gasteiger partial charge in [-0.2, -0.15) is 0 Å². The smallest absolute Gasteiger partial charge is 0.254 e. The lowest BCUT2D eigenvalue weighted by molar-refractivity contribution is 0.0542. The SMILES string of the molecule is O=C(c1cccc(F)c1)N(Cc1cccc(Oc2ccccc2)c1)C1CCN(Cc2ccccc2)CC1. The predicted molar refractivity (Wildman–Crippen MR) is 144 cm³/mol. The molecular weight excluding hydrogens is 463 g/mol. The van der Waals surface area contributed by atoms with Crippen molar-refractivity contribution < 1.29 is 13.9 Å². The minimum absolute atomic E-state index is 0.0708. The molecule has 1 aliphatic rings. The van der Waals surface area contributed by atoms with Gasteiger partial charge in [-0.25, -0.2) is 4.39 Å². The molecule has 37 heavy (non-hydrogen) atoms. The molecule has 0 spiro atoms. The first-order chi connectivity index (χ1) is 18.1. The summed E-state index contributed by atoms with van der Waals surface area (Å²) in [5, 5.41) is 0. The van der Waals surface area contributed by atoms with Gasteiger partial charge in [-0.1, -0.05) is 66.7 Å². The van der Waals surface area contributed by atoms with Crippen molar-refractivity contribution in [1.82, 2.24) is 9.80 Å². The van der Waals surface area contributed by atoms with Crippen LogP contribution in [0.3, 0.4) is 0 Å². The number of hydrogen-bond donors (Lipinski definition) is 0. The van der Waals surface area contributed by atoms with Gasteiger partial charge in [0.1, 0.15) is 17.3 Å². The maximum absolute atomic E-state index is 14.0. The van der Waals surface area contributed by atoms with Gasteiger partial charge in [0.15, 0.2) is 0 Å². The molecule has 1 amide bonds. The van der Waals surface area contributed by atoms with E-state index in [0.29, 0.717) is 12.1 Å². The van der Waals surface area contributed by atoms with Gasteiger partial charge in [-0.15, -0.1) is 0 Å². The molecule has 5 rings (SSSR count). The van der Waals surface area contributed by atoms with Crippen LogP contribution in [0, 0.1) is 5.82 Å². The molecule has 5 heteroatoms. The molecular formula is C32H31FN2O2. The maximum Gasteiger partial charge on any atom is 0.254 e. The number of hydrogen-bond acceptors (Lipinski definition) is 3. The van der Waals surface area contributed by atoms with Crippen LogP contribution in [0.5, 0.6) is 11.5 Å². The molecule has 4 aromatic carbocycles. The molecule has 0 aromatic heterocycles. The second kappa shape index (κ2) is 11.8. The molecule has 0 saturated carbocycles. The van der Waals surface area contributed by atoms with Gasteiger partial charge in [0.2, 0.25) is 0 Å². The van der Waals surface area contributed by atoms with E-state index in [-0.39, 0.29) is 11.9 Å². The molecule has 4 nitrogen and oxygen atoms in total. The van der Waals surface area contributed by atoms with Crippen molar-refractivity contribution in [3.63, 3.8) is 0 Å². The van der Waals surface area contributed by atoms with E-state index in [2.05, 4.69) is 29.2 Å². The van der Waals surface area contributed by atoms with E-state index in [1.165, 1.54) is 17.7 Å². The fraction of sp³-hybridized carbons (Fsp3) is 0.219. The van der Waals surface area contributed by atoms with Gasteiger partial charge in [0, 0.05) is 37.8 Å². The predicted octanol–water partition coefficient (Wildman–Crippen LogP) is 6.93. The number of ether oxygens (including phenoxy) is 1. The Morgan fingerprint density at radius 2 is 1.43 bits per heavy atom. The third kappa shape index (κ3) is 6.63. The average Bonchev–Trinajstić information content (AvgIpc) is 2.93. The van der Waals surface area contributed by atoms with E-state index in [1.807, 2.05) is 65.6 Å². The Bertz CT molecular complexity index is 1300. The largest absolute Gasteiger partial charge is 0.457 e. The quantitative estimate of drug-likeness (QED) is 0.266. The molecule has 1 fully saturated rings. The first-order valence-electron chi connectivity index (χ1n) is 12.8. The van der Waals surface area contributed by atoms with Gasteiger partial charge in [0.25, 0.3) is 5.91 Å². The van der Waals surface area contributed by atoms with Crippen molar-refractivity contribution in [2.24, 2.45) is 0 Å². The highest BCUT2D eigenvalue weighted by atomic mass is 19.1. The van der Waals surface area contributed by atoms with E-state index >= 15 is 0 Å². The molecule has 0 radical (unpaired) electrons. The number of para-hydroxylation sites is 1. The fourth-order valence-electron chi connectivity index (χ4n) is 4.91. The molecule has 0 N–H and O–H groups in total. The minimum Gasteiger partial charge on any atom is -0.457 e. The lowest BCUT2D eigenvalue weighted by Crippen LogP contribution is -2.46. The Morgan fingerprint density at radius 1 is 0.784 bits per heavy atom. The lowest BCUT2D eigenvalue weighted by Gasteiger charge is -2.39. The molecule has 4 aromatic rings. The number of rotatable bonds is 8. The maximum atomic E-state index is 14.0. The molecule has 0 bridgehead atoms. The topological polar surface area (TPSA) is 32.8 Å². The highest BCUT2D eigenvalue weighted by Gasteiger charge is 2.29. The molecule has 0 atom stereocenters. The van der Waals surface area contributed by atoms with E-state index < -0.39 is 5.82 Å². The van der Waals surface area contributed by atoms with Gasteiger partial charge in [-0.05, 0) is 66.4 Å². The number of amides is 1. The van der Waals surface area contributed by atoms with Crippen LogP contribution in [0.2, 0.25) is 0 Å². The molecule has 0 aliphatic carbocycles. The standard InChI is InChI=1S/C32H31FN2O2/c33-28-13-8-12-27(22-28)32(36)35(29-17-19-34(20-18-29)23-25-9-3-1-4-10-25)24-26-11-7-16-31(21-26)37-30-14-5-2-6-15-30/h1-16,21-22,29H,17-20,23-24H2. The van der Waals surface area contributed by atoms with Crippen LogP contribution >= 0.6 is 0 Å². The van der Waals surface area contributed by atoms with Gasteiger partial charge < -0.3 is 9.64 Å². The van der Waals surface area contributed by atoms with Gasteiger partial charge in [0.05, 0.1) is 0 Å². The normalized spacial score (nSPS) is 14.3. The fourth-order valence-corrected chi connectivity index (χ4v) is 4.91. The number of halogens is 1. The highest BCUT2D eigenvalue weighted by Crippen LogP contribution is 2.26. The summed E-state index contributed by atoms with van der Waals surface area (Å²) in [4.78, 5) is 18.0. The molecule has 1 heterocycles. The average molecular weight is 495 g/mol. The zero-order valence-corrected chi connectivity index (χ0v) is 20.8. The summed E-state index contributed by atoms with van der Waals surface area (Å²) in [7, 11) is 0. The number of carbonyl (C=O) groups excluding carboxylic acids is 1. The zero-order chi connectivity index (χ0) is 25.5. The molecule has 188 valence electrons. The van der Waals surface area contributed by atoms with Crippen LogP contribution < -0.4 is 4.74 Å². The van der Waals surface area contributed by atoms with Crippen LogP contribution in [-0.4, -0.2) is 34.8 Å². The van der Waals surface area contributed by atoms with E-state index in [1.54, 1.807) is 12.1 Å². The summed E-state index contributed by atoms with van der Waals surface area (Å²) in [5.41, 5.74) is 2.65. The number of carbonyl (C=O) groups is 1. The van der Waals surface area contributed by atoms with Crippen LogP contribution in [0.1, 0.15) is 34.3 Å². The zero-order valence-electron chi connectivity index (χ0n) is 20.8. The summed E-state index contributed by atoms with van der Waals surface area (Å²) in [6.45, 7) is 3.16. The van der Waals surface area contributed by atoms with Crippen molar-refractivity contribution >= 4 is 5.91 Å².